The molecule has 0 bridgehead atoms. The van der Waals surface area contributed by atoms with E-state index in [-0.39, 0.29) is 46.0 Å². The minimum Gasteiger partial charge on any atom is -0.478 e. The van der Waals surface area contributed by atoms with Crippen molar-refractivity contribution in [3.05, 3.63) is 46.1 Å². The van der Waals surface area contributed by atoms with Gasteiger partial charge in [-0.05, 0) is 31.2 Å². The van der Waals surface area contributed by atoms with E-state index in [1.807, 2.05) is 13.8 Å². The van der Waals surface area contributed by atoms with E-state index in [1.54, 1.807) is 15.4 Å². The third-order valence-electron chi connectivity index (χ3n) is 5.58. The van der Waals surface area contributed by atoms with Gasteiger partial charge in [0.1, 0.15) is 16.7 Å². The number of carbonyl (C=O) groups is 1. The van der Waals surface area contributed by atoms with Crippen LogP contribution >= 0.6 is 11.6 Å². The summed E-state index contributed by atoms with van der Waals surface area (Å²) in [6.07, 6.45) is 3.24. The number of anilines is 1. The molecule has 1 aromatic carbocycles. The SMILES string of the molecule is C=CCN1C(=O)C(CC(C)C)Oc2cc(F)c(-c3c(Cl)n4n(c3=O)CCCC4)cc21. The van der Waals surface area contributed by atoms with E-state index in [0.29, 0.717) is 25.2 Å². The first-order chi connectivity index (χ1) is 14.3. The summed E-state index contributed by atoms with van der Waals surface area (Å²) in [5, 5.41) is 0.217. The average molecular weight is 434 g/mol. The smallest absolute Gasteiger partial charge is 0.276 e. The topological polar surface area (TPSA) is 56.5 Å². The Hall–Kier alpha value is -2.54. The summed E-state index contributed by atoms with van der Waals surface area (Å²) < 4.78 is 24.3. The van der Waals surface area contributed by atoms with Crippen molar-refractivity contribution in [3.63, 3.8) is 0 Å². The van der Waals surface area contributed by atoms with Crippen LogP contribution in [0.5, 0.6) is 5.75 Å². The van der Waals surface area contributed by atoms with Gasteiger partial charge in [-0.15, -0.1) is 6.58 Å². The van der Waals surface area contributed by atoms with Gasteiger partial charge in [0.25, 0.3) is 11.5 Å². The van der Waals surface area contributed by atoms with Crippen molar-refractivity contribution >= 4 is 23.2 Å². The van der Waals surface area contributed by atoms with Gasteiger partial charge in [-0.1, -0.05) is 31.5 Å². The van der Waals surface area contributed by atoms with Gasteiger partial charge in [-0.3, -0.25) is 14.3 Å². The number of hydrogen-bond donors (Lipinski definition) is 0. The fraction of sp³-hybridized carbons (Fsp3) is 0.455. The Kier molecular flexibility index (Phi) is 5.49. The van der Waals surface area contributed by atoms with E-state index in [0.717, 1.165) is 12.8 Å². The lowest BCUT2D eigenvalue weighted by Gasteiger charge is -2.35. The zero-order valence-electron chi connectivity index (χ0n) is 17.2. The summed E-state index contributed by atoms with van der Waals surface area (Å²) in [4.78, 5) is 27.5. The molecule has 2 aliphatic rings. The molecule has 1 amide bonds. The van der Waals surface area contributed by atoms with Crippen LogP contribution in [0, 0.1) is 11.7 Å². The number of carbonyl (C=O) groups excluding carboxylic acids is 1. The lowest BCUT2D eigenvalue weighted by molar-refractivity contribution is -0.126. The number of ether oxygens (including phenoxy) is 1. The average Bonchev–Trinajstić information content (AvgIpc) is 2.95. The Balaban J connectivity index is 1.85. The van der Waals surface area contributed by atoms with E-state index in [4.69, 9.17) is 16.3 Å². The zero-order valence-corrected chi connectivity index (χ0v) is 17.9. The summed E-state index contributed by atoms with van der Waals surface area (Å²) in [5.74, 6) is -0.287. The molecule has 1 aromatic heterocycles. The fourth-order valence-electron chi connectivity index (χ4n) is 4.18. The first-order valence-corrected chi connectivity index (χ1v) is 10.6. The number of nitrogens with zero attached hydrogens (tertiary/aromatic N) is 3. The van der Waals surface area contributed by atoms with Crippen LogP contribution in [-0.2, 0) is 17.9 Å². The quantitative estimate of drug-likeness (QED) is 0.663. The van der Waals surface area contributed by atoms with E-state index >= 15 is 4.39 Å². The van der Waals surface area contributed by atoms with E-state index < -0.39 is 11.9 Å². The molecule has 2 aliphatic heterocycles. The number of hydrogen-bond acceptors (Lipinski definition) is 3. The fourth-order valence-corrected chi connectivity index (χ4v) is 4.54. The van der Waals surface area contributed by atoms with Crippen molar-refractivity contribution in [2.24, 2.45) is 5.92 Å². The molecule has 2 aromatic rings. The van der Waals surface area contributed by atoms with Crippen LogP contribution in [0.3, 0.4) is 0 Å². The molecule has 4 rings (SSSR count). The highest BCUT2D eigenvalue weighted by atomic mass is 35.5. The van der Waals surface area contributed by atoms with Crippen molar-refractivity contribution in [2.75, 3.05) is 11.4 Å². The van der Waals surface area contributed by atoms with Crippen molar-refractivity contribution in [1.82, 2.24) is 9.36 Å². The van der Waals surface area contributed by atoms with Gasteiger partial charge in [0, 0.05) is 31.3 Å². The predicted molar refractivity (Wildman–Crippen MR) is 115 cm³/mol. The number of aromatic nitrogens is 2. The van der Waals surface area contributed by atoms with E-state index in [2.05, 4.69) is 6.58 Å². The van der Waals surface area contributed by atoms with Crippen LogP contribution in [-0.4, -0.2) is 27.9 Å². The maximum absolute atomic E-state index is 15.2. The summed E-state index contributed by atoms with van der Waals surface area (Å²) in [6, 6.07) is 2.74. The largest absolute Gasteiger partial charge is 0.478 e. The lowest BCUT2D eigenvalue weighted by atomic mass is 10.0. The molecule has 8 heteroatoms. The van der Waals surface area contributed by atoms with Gasteiger partial charge in [-0.2, -0.15) is 0 Å². The molecule has 160 valence electrons. The van der Waals surface area contributed by atoms with Crippen molar-refractivity contribution in [2.45, 2.75) is 52.3 Å². The second-order valence-electron chi connectivity index (χ2n) is 8.20. The van der Waals surface area contributed by atoms with Gasteiger partial charge >= 0.3 is 0 Å². The highest BCUT2D eigenvalue weighted by molar-refractivity contribution is 6.32. The first kappa shape index (κ1) is 20.7. The van der Waals surface area contributed by atoms with Gasteiger partial charge in [-0.25, -0.2) is 9.07 Å². The molecule has 0 fully saturated rings. The molecule has 0 N–H and O–H groups in total. The molecule has 6 nitrogen and oxygen atoms in total. The van der Waals surface area contributed by atoms with Crippen LogP contribution in [0.1, 0.15) is 33.1 Å². The summed E-state index contributed by atoms with van der Waals surface area (Å²) in [5.41, 5.74) is 0.288. The summed E-state index contributed by atoms with van der Waals surface area (Å²) >= 11 is 6.49. The first-order valence-electron chi connectivity index (χ1n) is 10.3. The van der Waals surface area contributed by atoms with Gasteiger partial charge in [0.05, 0.1) is 11.3 Å². The molecule has 1 atom stereocenters. The highest BCUT2D eigenvalue weighted by Crippen LogP contribution is 2.41. The lowest BCUT2D eigenvalue weighted by Crippen LogP contribution is -2.46. The van der Waals surface area contributed by atoms with E-state index in [9.17, 15) is 9.59 Å². The van der Waals surface area contributed by atoms with E-state index in [1.165, 1.54) is 17.0 Å². The molecular weight excluding hydrogens is 409 g/mol. The molecule has 0 aliphatic carbocycles. The maximum Gasteiger partial charge on any atom is 0.276 e. The predicted octanol–water partition coefficient (Wildman–Crippen LogP) is 4.23. The van der Waals surface area contributed by atoms with Gasteiger partial charge < -0.3 is 9.64 Å². The van der Waals surface area contributed by atoms with Crippen molar-refractivity contribution in [3.8, 4) is 16.9 Å². The minimum atomic E-state index is -0.682. The Bertz CT molecular complexity index is 1070. The Morgan fingerprint density at radius 1 is 1.27 bits per heavy atom. The molecule has 0 saturated carbocycles. The van der Waals surface area contributed by atoms with Crippen LogP contribution in [0.15, 0.2) is 29.6 Å². The minimum absolute atomic E-state index is 0.0749. The number of amides is 1. The maximum atomic E-state index is 15.2. The van der Waals surface area contributed by atoms with Crippen LogP contribution in [0.2, 0.25) is 5.15 Å². The van der Waals surface area contributed by atoms with Crippen LogP contribution in [0.25, 0.3) is 11.1 Å². The molecule has 0 radical (unpaired) electrons. The number of rotatable bonds is 5. The summed E-state index contributed by atoms with van der Waals surface area (Å²) in [6.45, 7) is 9.15. The van der Waals surface area contributed by atoms with Crippen molar-refractivity contribution in [1.29, 1.82) is 0 Å². The standard InChI is InChI=1S/C22H25ClFN3O3/c1-4-7-25-16-11-14(19-20(23)26-8-5-6-9-27(26)22(19)29)15(24)12-17(16)30-18(21(25)28)10-13(2)3/h4,11-13,18H,1,5-10H2,2-3H3. The Labute approximate surface area is 179 Å². The second-order valence-corrected chi connectivity index (χ2v) is 8.56. The molecule has 1 unspecified atom stereocenters. The van der Waals surface area contributed by atoms with Crippen LogP contribution in [0.4, 0.5) is 10.1 Å². The molecular formula is C22H25ClFN3O3. The molecule has 30 heavy (non-hydrogen) atoms. The van der Waals surface area contributed by atoms with Gasteiger partial charge in [0.15, 0.2) is 6.10 Å². The third-order valence-corrected chi connectivity index (χ3v) is 5.96. The molecule has 0 spiro atoms. The normalized spacial score (nSPS) is 18.2. The molecule has 0 saturated heterocycles. The highest BCUT2D eigenvalue weighted by Gasteiger charge is 2.36. The zero-order chi connectivity index (χ0) is 21.6. The summed E-state index contributed by atoms with van der Waals surface area (Å²) in [7, 11) is 0. The number of halogens is 2. The molecule has 3 heterocycles. The number of fused-ring (bicyclic) bond motifs is 2. The van der Waals surface area contributed by atoms with Crippen molar-refractivity contribution < 1.29 is 13.9 Å². The third kappa shape index (κ3) is 3.35. The van der Waals surface area contributed by atoms with Gasteiger partial charge in [0.2, 0.25) is 0 Å². The second kappa shape index (κ2) is 7.95. The monoisotopic (exact) mass is 433 g/mol. The number of benzene rings is 1. The Morgan fingerprint density at radius 2 is 1.97 bits per heavy atom. The van der Waals surface area contributed by atoms with Crippen LogP contribution < -0.4 is 15.2 Å². The Morgan fingerprint density at radius 3 is 2.60 bits per heavy atom.